The molecular formula is C13H14O3. The molecule has 1 aromatic carbocycles. The minimum absolute atomic E-state index is 0.308. The largest absolute Gasteiger partial charge is 0.463 e. The molecule has 0 radical (unpaired) electrons. The topological polar surface area (TPSA) is 46.5 Å². The van der Waals surface area contributed by atoms with Crippen LogP contribution in [0.2, 0.25) is 0 Å². The number of benzene rings is 1. The Hall–Kier alpha value is -1.79. The van der Waals surface area contributed by atoms with Crippen molar-refractivity contribution >= 4 is 5.97 Å². The van der Waals surface area contributed by atoms with E-state index in [0.29, 0.717) is 6.61 Å². The molecule has 84 valence electrons. The van der Waals surface area contributed by atoms with Crippen LogP contribution in [0.4, 0.5) is 0 Å². The Morgan fingerprint density at radius 3 is 2.75 bits per heavy atom. The van der Waals surface area contributed by atoms with Gasteiger partial charge in [0.05, 0.1) is 6.61 Å². The van der Waals surface area contributed by atoms with Crippen LogP contribution in [0.25, 0.3) is 0 Å². The normalized spacial score (nSPS) is 11.1. The first kappa shape index (κ1) is 12.3. The van der Waals surface area contributed by atoms with Crippen LogP contribution in [-0.2, 0) is 9.53 Å². The summed E-state index contributed by atoms with van der Waals surface area (Å²) in [5.41, 5.74) is 0.754. The third-order valence-electron chi connectivity index (χ3n) is 1.80. The second kappa shape index (κ2) is 6.65. The summed E-state index contributed by atoms with van der Waals surface area (Å²) in [7, 11) is 0. The average Bonchev–Trinajstić information content (AvgIpc) is 2.34. The van der Waals surface area contributed by atoms with E-state index in [1.54, 1.807) is 12.1 Å². The van der Waals surface area contributed by atoms with Crippen LogP contribution in [0, 0.1) is 11.8 Å². The standard InChI is InChI=1S/C13H14O3/c1-2-10-16-13(15)12(14)9-8-11-6-4-3-5-7-11/h3-7,12,14H,2,10H2,1H3/t12-/m0/s1. The van der Waals surface area contributed by atoms with Gasteiger partial charge in [0, 0.05) is 5.56 Å². The van der Waals surface area contributed by atoms with Crippen LogP contribution in [0.15, 0.2) is 30.3 Å². The van der Waals surface area contributed by atoms with E-state index in [2.05, 4.69) is 11.8 Å². The Morgan fingerprint density at radius 2 is 2.12 bits per heavy atom. The van der Waals surface area contributed by atoms with Crippen LogP contribution in [-0.4, -0.2) is 23.8 Å². The number of esters is 1. The second-order valence-electron chi connectivity index (χ2n) is 3.21. The fraction of sp³-hybridized carbons (Fsp3) is 0.308. The van der Waals surface area contributed by atoms with Gasteiger partial charge in [0.1, 0.15) is 0 Å². The molecule has 0 saturated heterocycles. The Kier molecular flexibility index (Phi) is 5.10. The lowest BCUT2D eigenvalue weighted by Gasteiger charge is -2.03. The van der Waals surface area contributed by atoms with Gasteiger partial charge in [0.25, 0.3) is 0 Å². The number of aliphatic hydroxyl groups excluding tert-OH is 1. The lowest BCUT2D eigenvalue weighted by molar-refractivity contribution is -0.150. The number of carbonyl (C=O) groups excluding carboxylic acids is 1. The predicted octanol–water partition coefficient (Wildman–Crippen LogP) is 1.35. The molecule has 0 aliphatic heterocycles. The molecule has 0 unspecified atom stereocenters. The minimum Gasteiger partial charge on any atom is -0.463 e. The molecule has 0 spiro atoms. The van der Waals surface area contributed by atoms with Gasteiger partial charge in [-0.15, -0.1) is 0 Å². The summed E-state index contributed by atoms with van der Waals surface area (Å²) < 4.78 is 4.75. The van der Waals surface area contributed by atoms with E-state index in [-0.39, 0.29) is 0 Å². The first-order chi connectivity index (χ1) is 7.74. The molecule has 3 nitrogen and oxygen atoms in total. The number of aliphatic hydroxyl groups is 1. The van der Waals surface area contributed by atoms with Gasteiger partial charge in [-0.2, -0.15) is 0 Å². The number of carbonyl (C=O) groups is 1. The molecule has 0 bridgehead atoms. The molecule has 0 fully saturated rings. The van der Waals surface area contributed by atoms with Gasteiger partial charge < -0.3 is 9.84 Å². The van der Waals surface area contributed by atoms with Crippen LogP contribution in [0.3, 0.4) is 0 Å². The van der Waals surface area contributed by atoms with Gasteiger partial charge in [-0.1, -0.05) is 37.0 Å². The molecule has 16 heavy (non-hydrogen) atoms. The van der Waals surface area contributed by atoms with Gasteiger partial charge in [0.2, 0.25) is 6.10 Å². The zero-order valence-corrected chi connectivity index (χ0v) is 9.14. The van der Waals surface area contributed by atoms with Crippen molar-refractivity contribution in [1.29, 1.82) is 0 Å². The summed E-state index contributed by atoms with van der Waals surface area (Å²) >= 11 is 0. The molecule has 0 aromatic heterocycles. The monoisotopic (exact) mass is 218 g/mol. The van der Waals surface area contributed by atoms with E-state index < -0.39 is 12.1 Å². The third-order valence-corrected chi connectivity index (χ3v) is 1.80. The zero-order valence-electron chi connectivity index (χ0n) is 9.14. The second-order valence-corrected chi connectivity index (χ2v) is 3.21. The lowest BCUT2D eigenvalue weighted by Crippen LogP contribution is -2.21. The van der Waals surface area contributed by atoms with Crippen molar-refractivity contribution in [3.63, 3.8) is 0 Å². The molecule has 1 atom stereocenters. The quantitative estimate of drug-likeness (QED) is 0.615. The first-order valence-corrected chi connectivity index (χ1v) is 5.15. The molecule has 3 heteroatoms. The van der Waals surface area contributed by atoms with E-state index in [1.165, 1.54) is 0 Å². The number of rotatable bonds is 3. The molecule has 0 aliphatic carbocycles. The van der Waals surface area contributed by atoms with Crippen molar-refractivity contribution in [2.24, 2.45) is 0 Å². The van der Waals surface area contributed by atoms with Gasteiger partial charge in [-0.05, 0) is 18.6 Å². The van der Waals surface area contributed by atoms with E-state index in [4.69, 9.17) is 4.74 Å². The maximum atomic E-state index is 11.1. The van der Waals surface area contributed by atoms with Crippen molar-refractivity contribution in [3.8, 4) is 11.8 Å². The van der Waals surface area contributed by atoms with Crippen molar-refractivity contribution in [3.05, 3.63) is 35.9 Å². The molecule has 1 rings (SSSR count). The summed E-state index contributed by atoms with van der Waals surface area (Å²) in [5, 5.41) is 9.36. The summed E-state index contributed by atoms with van der Waals surface area (Å²) in [5.74, 6) is 4.45. The maximum Gasteiger partial charge on any atom is 0.347 e. The summed E-state index contributed by atoms with van der Waals surface area (Å²) in [6.45, 7) is 2.19. The fourth-order valence-electron chi connectivity index (χ4n) is 1.01. The van der Waals surface area contributed by atoms with E-state index in [9.17, 15) is 9.90 Å². The fourth-order valence-corrected chi connectivity index (χ4v) is 1.01. The number of hydrogen-bond donors (Lipinski definition) is 1. The summed E-state index contributed by atoms with van der Waals surface area (Å²) in [4.78, 5) is 11.1. The SMILES string of the molecule is CCCOC(=O)[C@@H](O)C#Cc1ccccc1. The van der Waals surface area contributed by atoms with E-state index in [1.807, 2.05) is 25.1 Å². The minimum atomic E-state index is -1.37. The summed E-state index contributed by atoms with van der Waals surface area (Å²) in [6, 6.07) is 9.16. The van der Waals surface area contributed by atoms with E-state index >= 15 is 0 Å². The molecule has 0 amide bonds. The predicted molar refractivity (Wildman–Crippen MR) is 60.6 cm³/mol. The Bertz CT molecular complexity index is 387. The average molecular weight is 218 g/mol. The first-order valence-electron chi connectivity index (χ1n) is 5.15. The van der Waals surface area contributed by atoms with Gasteiger partial charge >= 0.3 is 5.97 Å². The third kappa shape index (κ3) is 4.16. The molecular weight excluding hydrogens is 204 g/mol. The Labute approximate surface area is 95.1 Å². The molecule has 0 aliphatic rings. The number of hydrogen-bond acceptors (Lipinski definition) is 3. The lowest BCUT2D eigenvalue weighted by atomic mass is 10.2. The molecule has 0 saturated carbocycles. The molecule has 1 aromatic rings. The van der Waals surface area contributed by atoms with Crippen molar-refractivity contribution in [2.45, 2.75) is 19.4 Å². The molecule has 1 N–H and O–H groups in total. The van der Waals surface area contributed by atoms with Crippen molar-refractivity contribution in [1.82, 2.24) is 0 Å². The highest BCUT2D eigenvalue weighted by molar-refractivity contribution is 5.78. The Balaban J connectivity index is 2.54. The van der Waals surface area contributed by atoms with Crippen LogP contribution in [0.5, 0.6) is 0 Å². The van der Waals surface area contributed by atoms with Crippen LogP contribution < -0.4 is 0 Å². The molecule has 0 heterocycles. The van der Waals surface area contributed by atoms with Crippen molar-refractivity contribution < 1.29 is 14.6 Å². The smallest absolute Gasteiger partial charge is 0.347 e. The Morgan fingerprint density at radius 1 is 1.44 bits per heavy atom. The highest BCUT2D eigenvalue weighted by Gasteiger charge is 2.12. The van der Waals surface area contributed by atoms with Gasteiger partial charge in [-0.3, -0.25) is 0 Å². The maximum absolute atomic E-state index is 11.1. The van der Waals surface area contributed by atoms with Gasteiger partial charge in [0.15, 0.2) is 0 Å². The zero-order chi connectivity index (χ0) is 11.8. The highest BCUT2D eigenvalue weighted by Crippen LogP contribution is 1.96. The van der Waals surface area contributed by atoms with Crippen LogP contribution in [0.1, 0.15) is 18.9 Å². The number of ether oxygens (including phenoxy) is 1. The van der Waals surface area contributed by atoms with E-state index in [0.717, 1.165) is 12.0 Å². The van der Waals surface area contributed by atoms with Crippen LogP contribution >= 0.6 is 0 Å². The van der Waals surface area contributed by atoms with Crippen molar-refractivity contribution in [2.75, 3.05) is 6.61 Å². The van der Waals surface area contributed by atoms with Gasteiger partial charge in [-0.25, -0.2) is 4.79 Å². The highest BCUT2D eigenvalue weighted by atomic mass is 16.5. The summed E-state index contributed by atoms with van der Waals surface area (Å²) in [6.07, 6.45) is -0.642.